The largest absolute Gasteiger partial charge is 0.480 e. The predicted molar refractivity (Wildman–Crippen MR) is 68.3 cm³/mol. The summed E-state index contributed by atoms with van der Waals surface area (Å²) < 4.78 is 0.273. The first-order chi connectivity index (χ1) is 8.08. The number of aromatic nitrogens is 1. The van der Waals surface area contributed by atoms with Crippen molar-refractivity contribution in [2.45, 2.75) is 0 Å². The summed E-state index contributed by atoms with van der Waals surface area (Å²) in [6.07, 6.45) is 3.39. The summed E-state index contributed by atoms with van der Waals surface area (Å²) in [5, 5.41) is 8.66. The Morgan fingerprint density at radius 1 is 1.65 bits per heavy atom. The van der Waals surface area contributed by atoms with E-state index in [1.54, 1.807) is 12.3 Å². The number of carboxylic acid groups (broad SMARTS) is 1. The van der Waals surface area contributed by atoms with Crippen molar-refractivity contribution in [3.63, 3.8) is 0 Å². The Bertz CT molecular complexity index is 508. The number of aromatic amines is 1. The Kier molecular flexibility index (Phi) is 3.30. The van der Waals surface area contributed by atoms with Crippen LogP contribution < -0.4 is 0 Å². The van der Waals surface area contributed by atoms with E-state index < -0.39 is 12.5 Å². The summed E-state index contributed by atoms with van der Waals surface area (Å²) in [5.41, 5.74) is 0.779. The average molecular weight is 268 g/mol. The fourth-order valence-electron chi connectivity index (χ4n) is 1.35. The number of carbonyl (C=O) groups excluding carboxylic acids is 1. The average Bonchev–Trinajstić information content (AvgIpc) is 2.83. The summed E-state index contributed by atoms with van der Waals surface area (Å²) >= 11 is 6.07. The van der Waals surface area contributed by atoms with Crippen LogP contribution in [0.2, 0.25) is 0 Å². The topological polar surface area (TPSA) is 73.4 Å². The van der Waals surface area contributed by atoms with E-state index in [1.165, 1.54) is 0 Å². The van der Waals surface area contributed by atoms with Crippen molar-refractivity contribution in [2.24, 2.45) is 0 Å². The minimum Gasteiger partial charge on any atom is -0.480 e. The molecule has 2 N–H and O–H groups in total. The maximum atomic E-state index is 11.8. The molecule has 1 aliphatic rings. The van der Waals surface area contributed by atoms with Crippen molar-refractivity contribution < 1.29 is 14.7 Å². The minimum atomic E-state index is -1.08. The third kappa shape index (κ3) is 2.56. The lowest BCUT2D eigenvalue weighted by Gasteiger charge is -2.09. The van der Waals surface area contributed by atoms with E-state index in [2.05, 4.69) is 4.98 Å². The zero-order valence-corrected chi connectivity index (χ0v) is 10.2. The lowest BCUT2D eigenvalue weighted by atomic mass is 10.3. The molecule has 1 saturated heterocycles. The molecule has 1 aromatic rings. The third-order valence-corrected chi connectivity index (χ3v) is 3.45. The van der Waals surface area contributed by atoms with Gasteiger partial charge >= 0.3 is 5.97 Å². The normalized spacial score (nSPS) is 18.1. The number of nitrogens with zero attached hydrogens (tertiary/aromatic N) is 1. The van der Waals surface area contributed by atoms with Gasteiger partial charge in [0, 0.05) is 11.9 Å². The van der Waals surface area contributed by atoms with Crippen molar-refractivity contribution in [1.29, 1.82) is 0 Å². The molecule has 0 aromatic carbocycles. The SMILES string of the molecule is O=C(O)CN1C(=O)/C(=C\c2ccc[nH]2)SC1=S. The number of thioether (sulfide) groups is 1. The summed E-state index contributed by atoms with van der Waals surface area (Å²) in [5.74, 6) is -1.44. The maximum absolute atomic E-state index is 11.8. The predicted octanol–water partition coefficient (Wildman–Crippen LogP) is 1.30. The number of hydrogen-bond donors (Lipinski definition) is 2. The van der Waals surface area contributed by atoms with Crippen LogP contribution in [-0.4, -0.2) is 37.7 Å². The highest BCUT2D eigenvalue weighted by molar-refractivity contribution is 8.26. The third-order valence-electron chi connectivity index (χ3n) is 2.08. The Morgan fingerprint density at radius 2 is 2.41 bits per heavy atom. The molecule has 0 atom stereocenters. The van der Waals surface area contributed by atoms with Crippen LogP contribution in [0.3, 0.4) is 0 Å². The number of aliphatic carboxylic acids is 1. The molecular weight excluding hydrogens is 260 g/mol. The number of carbonyl (C=O) groups is 2. The van der Waals surface area contributed by atoms with Crippen molar-refractivity contribution in [1.82, 2.24) is 9.88 Å². The van der Waals surface area contributed by atoms with Crippen LogP contribution in [0.4, 0.5) is 0 Å². The van der Waals surface area contributed by atoms with E-state index in [9.17, 15) is 9.59 Å². The van der Waals surface area contributed by atoms with Gasteiger partial charge in [0.2, 0.25) is 0 Å². The van der Waals surface area contributed by atoms with E-state index in [1.807, 2.05) is 12.1 Å². The van der Waals surface area contributed by atoms with E-state index in [0.29, 0.717) is 4.91 Å². The lowest BCUT2D eigenvalue weighted by molar-refractivity contribution is -0.140. The highest BCUT2D eigenvalue weighted by Crippen LogP contribution is 2.31. The van der Waals surface area contributed by atoms with Gasteiger partial charge in [0.1, 0.15) is 10.9 Å². The molecule has 0 radical (unpaired) electrons. The molecule has 1 aromatic heterocycles. The fourth-order valence-corrected chi connectivity index (χ4v) is 2.59. The molecule has 0 saturated carbocycles. The highest BCUT2D eigenvalue weighted by Gasteiger charge is 2.33. The van der Waals surface area contributed by atoms with Crippen LogP contribution in [0.15, 0.2) is 23.2 Å². The Hall–Kier alpha value is -1.60. The molecule has 0 unspecified atom stereocenters. The molecule has 1 aliphatic heterocycles. The van der Waals surface area contributed by atoms with Gasteiger partial charge in [0.05, 0.1) is 4.91 Å². The molecule has 2 heterocycles. The molecule has 0 bridgehead atoms. The maximum Gasteiger partial charge on any atom is 0.323 e. The Morgan fingerprint density at radius 3 is 3.00 bits per heavy atom. The van der Waals surface area contributed by atoms with Crippen molar-refractivity contribution in [3.8, 4) is 0 Å². The van der Waals surface area contributed by atoms with Gasteiger partial charge in [0.15, 0.2) is 0 Å². The monoisotopic (exact) mass is 268 g/mol. The Labute approximate surface area is 106 Å². The standard InChI is InChI=1S/C10H8N2O3S2/c13-8(14)5-12-9(15)7(17-10(12)16)4-6-2-1-3-11-6/h1-4,11H,5H2,(H,13,14)/b7-4+. The van der Waals surface area contributed by atoms with Gasteiger partial charge in [-0.3, -0.25) is 14.5 Å². The number of H-pyrrole nitrogens is 1. The fraction of sp³-hybridized carbons (Fsp3) is 0.100. The second-order valence-corrected chi connectivity index (χ2v) is 4.96. The van der Waals surface area contributed by atoms with Gasteiger partial charge in [-0.1, -0.05) is 24.0 Å². The highest BCUT2D eigenvalue weighted by atomic mass is 32.2. The first-order valence-corrected chi connectivity index (χ1v) is 5.91. The van der Waals surface area contributed by atoms with E-state index >= 15 is 0 Å². The molecule has 88 valence electrons. The smallest absolute Gasteiger partial charge is 0.323 e. The van der Waals surface area contributed by atoms with E-state index in [4.69, 9.17) is 17.3 Å². The number of nitrogens with one attached hydrogen (secondary N) is 1. The summed E-state index contributed by atoms with van der Waals surface area (Å²) in [7, 11) is 0. The van der Waals surface area contributed by atoms with Gasteiger partial charge in [0.25, 0.3) is 5.91 Å². The molecule has 0 aliphatic carbocycles. The van der Waals surface area contributed by atoms with Crippen LogP contribution in [0.25, 0.3) is 6.08 Å². The number of amides is 1. The first-order valence-electron chi connectivity index (χ1n) is 4.68. The molecule has 1 fully saturated rings. The number of hydrogen-bond acceptors (Lipinski definition) is 4. The first kappa shape index (κ1) is 11.9. The van der Waals surface area contributed by atoms with Crippen molar-refractivity contribution in [3.05, 3.63) is 28.9 Å². The summed E-state index contributed by atoms with van der Waals surface area (Å²) in [6, 6.07) is 3.62. The molecule has 0 spiro atoms. The van der Waals surface area contributed by atoms with Crippen LogP contribution in [0.1, 0.15) is 5.69 Å². The minimum absolute atomic E-state index is 0.273. The van der Waals surface area contributed by atoms with E-state index in [-0.39, 0.29) is 10.2 Å². The van der Waals surface area contributed by atoms with Gasteiger partial charge in [-0.25, -0.2) is 0 Å². The second kappa shape index (κ2) is 4.72. The molecule has 1 amide bonds. The zero-order valence-electron chi connectivity index (χ0n) is 8.54. The molecule has 17 heavy (non-hydrogen) atoms. The lowest BCUT2D eigenvalue weighted by Crippen LogP contribution is -2.33. The zero-order chi connectivity index (χ0) is 12.4. The quantitative estimate of drug-likeness (QED) is 0.638. The van der Waals surface area contributed by atoms with Gasteiger partial charge in [-0.15, -0.1) is 0 Å². The second-order valence-electron chi connectivity index (χ2n) is 3.29. The van der Waals surface area contributed by atoms with E-state index in [0.717, 1.165) is 22.4 Å². The van der Waals surface area contributed by atoms with Crippen molar-refractivity contribution >= 4 is 46.3 Å². The van der Waals surface area contributed by atoms with Crippen LogP contribution in [0, 0.1) is 0 Å². The molecule has 7 heteroatoms. The van der Waals surface area contributed by atoms with Gasteiger partial charge in [-0.2, -0.15) is 0 Å². The Balaban J connectivity index is 2.21. The van der Waals surface area contributed by atoms with Crippen LogP contribution in [-0.2, 0) is 9.59 Å². The van der Waals surface area contributed by atoms with Crippen molar-refractivity contribution in [2.75, 3.05) is 6.54 Å². The van der Waals surface area contributed by atoms with Gasteiger partial charge in [-0.05, 0) is 18.2 Å². The molecular formula is C10H8N2O3S2. The summed E-state index contributed by atoms with van der Waals surface area (Å²) in [4.78, 5) is 26.9. The number of rotatable bonds is 3. The number of carboxylic acids is 1. The molecule has 5 nitrogen and oxygen atoms in total. The number of thiocarbonyl (C=S) groups is 1. The van der Waals surface area contributed by atoms with Gasteiger partial charge < -0.3 is 10.1 Å². The van der Waals surface area contributed by atoms with Crippen LogP contribution in [0.5, 0.6) is 0 Å². The summed E-state index contributed by atoms with van der Waals surface area (Å²) in [6.45, 7) is -0.396. The molecule has 2 rings (SSSR count). The van der Waals surface area contributed by atoms with Crippen LogP contribution >= 0.6 is 24.0 Å².